The zero-order valence-corrected chi connectivity index (χ0v) is 13.9. The number of hydrogen-bond donors (Lipinski definition) is 0. The molecule has 8 heteroatoms. The molecule has 1 atom stereocenters. The summed E-state index contributed by atoms with van der Waals surface area (Å²) in [6.07, 6.45) is 0. The first-order chi connectivity index (χ1) is 10.5. The molecule has 0 fully saturated rings. The molecule has 0 aliphatic heterocycles. The third kappa shape index (κ3) is 3.56. The van der Waals surface area contributed by atoms with Crippen LogP contribution in [0.25, 0.3) is 5.69 Å². The van der Waals surface area contributed by atoms with Gasteiger partial charge in [-0.1, -0.05) is 23.9 Å². The van der Waals surface area contributed by atoms with E-state index in [1.807, 2.05) is 38.1 Å². The maximum Gasteiger partial charge on any atom is 0.235 e. The van der Waals surface area contributed by atoms with Crippen molar-refractivity contribution < 1.29 is 9.53 Å². The second-order valence-electron chi connectivity index (χ2n) is 4.77. The number of carbonyl (C=O) groups excluding carboxylic acids is 1. The largest absolute Gasteiger partial charge is 0.492 e. The number of para-hydroxylation sites is 2. The van der Waals surface area contributed by atoms with E-state index in [9.17, 15) is 4.79 Å². The number of benzene rings is 1. The maximum absolute atomic E-state index is 12.0. The van der Waals surface area contributed by atoms with Crippen LogP contribution < -0.4 is 4.74 Å². The van der Waals surface area contributed by atoms with Crippen molar-refractivity contribution in [1.82, 2.24) is 25.1 Å². The zero-order chi connectivity index (χ0) is 16.1. The number of carbonyl (C=O) groups is 1. The lowest BCUT2D eigenvalue weighted by Crippen LogP contribution is -2.29. The average molecular weight is 321 g/mol. The number of amides is 1. The van der Waals surface area contributed by atoms with Crippen LogP contribution in [0.3, 0.4) is 0 Å². The first-order valence-electron chi connectivity index (χ1n) is 6.93. The fraction of sp³-hybridized carbons (Fsp3) is 0.429. The van der Waals surface area contributed by atoms with Crippen molar-refractivity contribution >= 4 is 17.7 Å². The van der Waals surface area contributed by atoms with E-state index in [-0.39, 0.29) is 11.2 Å². The van der Waals surface area contributed by atoms with Gasteiger partial charge in [0.15, 0.2) is 0 Å². The molecule has 22 heavy (non-hydrogen) atoms. The second-order valence-corrected chi connectivity index (χ2v) is 6.07. The Morgan fingerprint density at radius 3 is 2.82 bits per heavy atom. The van der Waals surface area contributed by atoms with Crippen molar-refractivity contribution in [3.05, 3.63) is 24.3 Å². The van der Waals surface area contributed by atoms with Gasteiger partial charge in [0.25, 0.3) is 0 Å². The van der Waals surface area contributed by atoms with E-state index < -0.39 is 0 Å². The molecule has 0 saturated carbocycles. The summed E-state index contributed by atoms with van der Waals surface area (Å²) in [6, 6.07) is 7.53. The van der Waals surface area contributed by atoms with Gasteiger partial charge in [0.05, 0.1) is 11.9 Å². The van der Waals surface area contributed by atoms with Crippen molar-refractivity contribution in [2.24, 2.45) is 0 Å². The first kappa shape index (κ1) is 16.3. The molecule has 0 aliphatic carbocycles. The second kappa shape index (κ2) is 7.26. The summed E-state index contributed by atoms with van der Waals surface area (Å²) < 4.78 is 7.20. The smallest absolute Gasteiger partial charge is 0.235 e. The predicted octanol–water partition coefficient (Wildman–Crippen LogP) is 1.63. The van der Waals surface area contributed by atoms with Crippen molar-refractivity contribution in [3.8, 4) is 11.4 Å². The first-order valence-corrected chi connectivity index (χ1v) is 7.81. The van der Waals surface area contributed by atoms with Crippen molar-refractivity contribution in [2.45, 2.75) is 24.3 Å². The number of tetrazole rings is 1. The van der Waals surface area contributed by atoms with Crippen LogP contribution in [0.5, 0.6) is 5.75 Å². The summed E-state index contributed by atoms with van der Waals surface area (Å²) in [4.78, 5) is 13.5. The molecule has 0 spiro atoms. The molecule has 2 aromatic rings. The van der Waals surface area contributed by atoms with Gasteiger partial charge in [-0.15, -0.1) is 5.10 Å². The number of hydrogen-bond acceptors (Lipinski definition) is 6. The van der Waals surface area contributed by atoms with Gasteiger partial charge >= 0.3 is 0 Å². The molecular weight excluding hydrogens is 302 g/mol. The summed E-state index contributed by atoms with van der Waals surface area (Å²) in [6.45, 7) is 4.31. The Hall–Kier alpha value is -2.09. The average Bonchev–Trinajstić information content (AvgIpc) is 2.95. The van der Waals surface area contributed by atoms with Gasteiger partial charge in [-0.05, 0) is 36.4 Å². The lowest BCUT2D eigenvalue weighted by atomic mass is 10.3. The third-order valence-electron chi connectivity index (χ3n) is 2.90. The summed E-state index contributed by atoms with van der Waals surface area (Å²) in [5.41, 5.74) is 0.751. The quantitative estimate of drug-likeness (QED) is 0.753. The van der Waals surface area contributed by atoms with E-state index in [0.717, 1.165) is 5.69 Å². The van der Waals surface area contributed by atoms with Crippen molar-refractivity contribution in [1.29, 1.82) is 0 Å². The summed E-state index contributed by atoms with van der Waals surface area (Å²) in [5.74, 6) is 0.711. The molecule has 0 bridgehead atoms. The number of thioether (sulfide) groups is 1. The van der Waals surface area contributed by atoms with Gasteiger partial charge in [0, 0.05) is 14.1 Å². The number of aromatic nitrogens is 4. The molecule has 118 valence electrons. The highest BCUT2D eigenvalue weighted by atomic mass is 32.2. The van der Waals surface area contributed by atoms with Gasteiger partial charge < -0.3 is 9.64 Å². The number of rotatable bonds is 6. The molecule has 0 N–H and O–H groups in total. The lowest BCUT2D eigenvalue weighted by molar-refractivity contribution is -0.127. The van der Waals surface area contributed by atoms with Gasteiger partial charge in [0.2, 0.25) is 11.1 Å². The Morgan fingerprint density at radius 1 is 1.41 bits per heavy atom. The van der Waals surface area contributed by atoms with Gasteiger partial charge in [0.1, 0.15) is 11.4 Å². The lowest BCUT2D eigenvalue weighted by Gasteiger charge is -2.16. The topological polar surface area (TPSA) is 73.1 Å². The molecule has 1 amide bonds. The molecule has 1 aromatic carbocycles. The van der Waals surface area contributed by atoms with Crippen LogP contribution in [0.2, 0.25) is 0 Å². The van der Waals surface area contributed by atoms with E-state index in [4.69, 9.17) is 4.74 Å². The zero-order valence-electron chi connectivity index (χ0n) is 13.1. The van der Waals surface area contributed by atoms with Crippen LogP contribution in [0.1, 0.15) is 13.8 Å². The molecule has 1 heterocycles. The summed E-state index contributed by atoms with van der Waals surface area (Å²) in [5, 5.41) is 12.0. The van der Waals surface area contributed by atoms with Crippen LogP contribution in [0.4, 0.5) is 0 Å². The highest BCUT2D eigenvalue weighted by Gasteiger charge is 2.21. The van der Waals surface area contributed by atoms with Crippen molar-refractivity contribution in [2.75, 3.05) is 20.7 Å². The van der Waals surface area contributed by atoms with Crippen LogP contribution in [0.15, 0.2) is 29.4 Å². The third-order valence-corrected chi connectivity index (χ3v) is 3.93. The van der Waals surface area contributed by atoms with E-state index in [2.05, 4.69) is 15.5 Å². The molecule has 7 nitrogen and oxygen atoms in total. The fourth-order valence-electron chi connectivity index (χ4n) is 1.89. The minimum atomic E-state index is -0.279. The molecular formula is C14H19N5O2S. The molecule has 0 radical (unpaired) electrons. The minimum Gasteiger partial charge on any atom is -0.492 e. The Bertz CT molecular complexity index is 644. The summed E-state index contributed by atoms with van der Waals surface area (Å²) in [7, 11) is 3.46. The summed E-state index contributed by atoms with van der Waals surface area (Å²) >= 11 is 1.32. The van der Waals surface area contributed by atoms with E-state index in [0.29, 0.717) is 17.5 Å². The standard InChI is InChI=1S/C14H19N5O2S/c1-5-21-12-9-7-6-8-11(12)19-14(15-16-17-19)22-10(2)13(20)18(3)4/h6-10H,5H2,1-4H3. The SMILES string of the molecule is CCOc1ccccc1-n1nnnc1SC(C)C(=O)N(C)C. The van der Waals surface area contributed by atoms with Crippen LogP contribution in [0, 0.1) is 0 Å². The van der Waals surface area contributed by atoms with Crippen LogP contribution >= 0.6 is 11.8 Å². The molecule has 1 unspecified atom stereocenters. The predicted molar refractivity (Wildman–Crippen MR) is 84.3 cm³/mol. The minimum absolute atomic E-state index is 0.0117. The van der Waals surface area contributed by atoms with Gasteiger partial charge in [-0.2, -0.15) is 4.68 Å². The normalized spacial score (nSPS) is 12.0. The molecule has 0 aliphatic rings. The monoisotopic (exact) mass is 321 g/mol. The van der Waals surface area contributed by atoms with E-state index in [1.54, 1.807) is 23.7 Å². The van der Waals surface area contributed by atoms with Gasteiger partial charge in [-0.3, -0.25) is 4.79 Å². The molecule has 0 saturated heterocycles. The molecule has 1 aromatic heterocycles. The van der Waals surface area contributed by atoms with E-state index >= 15 is 0 Å². The van der Waals surface area contributed by atoms with E-state index in [1.165, 1.54) is 11.8 Å². The Labute approximate surface area is 133 Å². The molecule has 2 rings (SSSR count). The number of nitrogens with zero attached hydrogens (tertiary/aromatic N) is 5. The van der Waals surface area contributed by atoms with Crippen molar-refractivity contribution in [3.63, 3.8) is 0 Å². The number of ether oxygens (including phenoxy) is 1. The van der Waals surface area contributed by atoms with Crippen LogP contribution in [-0.4, -0.2) is 57.0 Å². The highest BCUT2D eigenvalue weighted by Crippen LogP contribution is 2.28. The Kier molecular flexibility index (Phi) is 5.37. The Balaban J connectivity index is 2.29. The maximum atomic E-state index is 12.0. The highest BCUT2D eigenvalue weighted by molar-refractivity contribution is 8.00. The van der Waals surface area contributed by atoms with Gasteiger partial charge in [-0.25, -0.2) is 0 Å². The van der Waals surface area contributed by atoms with Crippen LogP contribution in [-0.2, 0) is 4.79 Å². The fourth-order valence-corrected chi connectivity index (χ4v) is 2.83. The Morgan fingerprint density at radius 2 is 2.14 bits per heavy atom.